The molecule has 0 radical (unpaired) electrons. The second-order valence-electron chi connectivity index (χ2n) is 12.4. The van der Waals surface area contributed by atoms with E-state index in [-0.39, 0.29) is 0 Å². The average Bonchev–Trinajstić information content (AvgIpc) is 2.67. The average molecular weight is 447 g/mol. The van der Waals surface area contributed by atoms with Gasteiger partial charge in [0.25, 0.3) is 0 Å². The number of benzene rings is 1. The first kappa shape index (κ1) is 28.6. The first-order valence-electron chi connectivity index (χ1n) is 12.1. The molecule has 2 aromatic heterocycles. The molecule has 2 heteroatoms. The first-order valence-corrected chi connectivity index (χ1v) is 12.1. The molecule has 0 fully saturated rings. The number of hydrogen-bond donors (Lipinski definition) is 0. The Bertz CT molecular complexity index is 743. The molecular formula is C31H46N2. The van der Waals surface area contributed by atoms with E-state index < -0.39 is 0 Å². The van der Waals surface area contributed by atoms with Crippen molar-refractivity contribution in [1.82, 2.24) is 9.97 Å². The molecule has 2 nitrogen and oxygen atoms in total. The summed E-state index contributed by atoms with van der Waals surface area (Å²) in [5.74, 6) is 0. The van der Waals surface area contributed by atoms with E-state index in [1.54, 1.807) is 0 Å². The Morgan fingerprint density at radius 1 is 0.515 bits per heavy atom. The normalized spacial score (nSPS) is 11.5. The Balaban J connectivity index is 0.000000247. The van der Waals surface area contributed by atoms with Crippen LogP contribution in [0.15, 0.2) is 79.3 Å². The van der Waals surface area contributed by atoms with Gasteiger partial charge in [0, 0.05) is 24.3 Å². The highest BCUT2D eigenvalue weighted by Gasteiger charge is 2.12. The summed E-state index contributed by atoms with van der Waals surface area (Å²) >= 11 is 0. The predicted octanol–water partition coefficient (Wildman–Crippen LogP) is 8.62. The third-order valence-corrected chi connectivity index (χ3v) is 4.47. The molecule has 180 valence electrons. The van der Waals surface area contributed by atoms with Crippen molar-refractivity contribution in [2.24, 2.45) is 16.2 Å². The minimum absolute atomic E-state index is 0.342. The van der Waals surface area contributed by atoms with E-state index in [0.717, 1.165) is 19.3 Å². The lowest BCUT2D eigenvalue weighted by molar-refractivity contribution is 0.406. The molecule has 3 aromatic rings. The minimum atomic E-state index is 0.342. The summed E-state index contributed by atoms with van der Waals surface area (Å²) in [7, 11) is 0. The first-order chi connectivity index (χ1) is 15.2. The van der Waals surface area contributed by atoms with Gasteiger partial charge >= 0.3 is 0 Å². The van der Waals surface area contributed by atoms with Gasteiger partial charge in [-0.3, -0.25) is 9.97 Å². The number of pyridine rings is 2. The topological polar surface area (TPSA) is 25.8 Å². The number of hydrogen-bond acceptors (Lipinski definition) is 2. The largest absolute Gasteiger partial charge is 0.264 e. The van der Waals surface area contributed by atoms with E-state index in [1.165, 1.54) is 16.8 Å². The van der Waals surface area contributed by atoms with Gasteiger partial charge in [0.2, 0.25) is 0 Å². The lowest BCUT2D eigenvalue weighted by Crippen LogP contribution is -2.09. The predicted molar refractivity (Wildman–Crippen MR) is 144 cm³/mol. The van der Waals surface area contributed by atoms with Crippen molar-refractivity contribution < 1.29 is 0 Å². The second-order valence-corrected chi connectivity index (χ2v) is 12.4. The van der Waals surface area contributed by atoms with Crippen LogP contribution in [0.4, 0.5) is 0 Å². The third kappa shape index (κ3) is 16.8. The molecule has 0 N–H and O–H groups in total. The second kappa shape index (κ2) is 13.3. The van der Waals surface area contributed by atoms with Crippen molar-refractivity contribution in [3.8, 4) is 0 Å². The van der Waals surface area contributed by atoms with Crippen molar-refractivity contribution in [3.63, 3.8) is 0 Å². The lowest BCUT2D eigenvalue weighted by atomic mass is 9.88. The van der Waals surface area contributed by atoms with Crippen molar-refractivity contribution in [2.75, 3.05) is 0 Å². The fourth-order valence-corrected chi connectivity index (χ4v) is 3.37. The van der Waals surface area contributed by atoms with Crippen LogP contribution in [-0.4, -0.2) is 9.97 Å². The highest BCUT2D eigenvalue weighted by Crippen LogP contribution is 2.20. The maximum Gasteiger partial charge on any atom is 0.0408 e. The molecule has 0 saturated carbocycles. The molecule has 1 aromatic carbocycles. The molecule has 2 heterocycles. The van der Waals surface area contributed by atoms with Gasteiger partial charge in [-0.2, -0.15) is 0 Å². The van der Waals surface area contributed by atoms with E-state index in [0.29, 0.717) is 16.2 Å². The van der Waals surface area contributed by atoms with Crippen LogP contribution >= 0.6 is 0 Å². The summed E-state index contributed by atoms with van der Waals surface area (Å²) in [4.78, 5) is 8.33. The van der Waals surface area contributed by atoms with Gasteiger partial charge in [-0.25, -0.2) is 0 Å². The standard InChI is InChI=1S/C11H16.2C10H15N/c1-11(2,3)9-10-7-5-4-6-8-10;1-10(2,3)7-9-5-4-6-11-8-9;1-10(2,3)8-9-6-4-5-7-11-9/h4-8H,9H2,1-3H3;4-6,8H,7H2,1-3H3;4-7H,8H2,1-3H3. The lowest BCUT2D eigenvalue weighted by Gasteiger charge is -2.17. The Morgan fingerprint density at radius 3 is 1.48 bits per heavy atom. The van der Waals surface area contributed by atoms with Gasteiger partial charge < -0.3 is 0 Å². The van der Waals surface area contributed by atoms with E-state index in [2.05, 4.69) is 115 Å². The highest BCUT2D eigenvalue weighted by atomic mass is 14.7. The van der Waals surface area contributed by atoms with Crippen LogP contribution in [0.25, 0.3) is 0 Å². The van der Waals surface area contributed by atoms with Crippen LogP contribution in [0, 0.1) is 16.2 Å². The summed E-state index contributed by atoms with van der Waals surface area (Å²) in [5.41, 5.74) is 5.04. The van der Waals surface area contributed by atoms with Gasteiger partial charge in [-0.05, 0) is 64.8 Å². The van der Waals surface area contributed by atoms with Crippen LogP contribution in [0.2, 0.25) is 0 Å². The van der Waals surface area contributed by atoms with Crippen molar-refractivity contribution in [2.45, 2.75) is 81.6 Å². The summed E-state index contributed by atoms with van der Waals surface area (Å²) in [6.45, 7) is 20.2. The zero-order valence-electron chi connectivity index (χ0n) is 22.5. The summed E-state index contributed by atoms with van der Waals surface area (Å²) in [5, 5.41) is 0. The SMILES string of the molecule is CC(C)(C)Cc1ccccc1.CC(C)(C)Cc1ccccn1.CC(C)(C)Cc1cccnc1. The molecule has 0 aliphatic rings. The number of rotatable bonds is 3. The number of nitrogens with zero attached hydrogens (tertiary/aromatic N) is 2. The van der Waals surface area contributed by atoms with Gasteiger partial charge in [0.15, 0.2) is 0 Å². The van der Waals surface area contributed by atoms with Crippen molar-refractivity contribution >= 4 is 0 Å². The summed E-state index contributed by atoms with van der Waals surface area (Å²) in [6, 6.07) is 20.8. The van der Waals surface area contributed by atoms with Gasteiger partial charge in [0.1, 0.15) is 0 Å². The summed E-state index contributed by atoms with van der Waals surface area (Å²) < 4.78 is 0. The Kier molecular flexibility index (Phi) is 11.5. The molecule has 0 atom stereocenters. The quantitative estimate of drug-likeness (QED) is 0.402. The molecule has 0 bridgehead atoms. The Labute approximate surface area is 203 Å². The minimum Gasteiger partial charge on any atom is -0.264 e. The molecule has 0 unspecified atom stereocenters. The van der Waals surface area contributed by atoms with Gasteiger partial charge in [-0.15, -0.1) is 0 Å². The highest BCUT2D eigenvalue weighted by molar-refractivity contribution is 5.15. The van der Waals surface area contributed by atoms with Gasteiger partial charge in [0.05, 0.1) is 0 Å². The fourth-order valence-electron chi connectivity index (χ4n) is 3.37. The molecule has 0 aliphatic carbocycles. The van der Waals surface area contributed by atoms with Crippen LogP contribution in [-0.2, 0) is 19.3 Å². The maximum atomic E-state index is 4.26. The van der Waals surface area contributed by atoms with E-state index >= 15 is 0 Å². The monoisotopic (exact) mass is 446 g/mol. The van der Waals surface area contributed by atoms with Gasteiger partial charge in [-0.1, -0.05) is 105 Å². The zero-order chi connectivity index (χ0) is 25.0. The fraction of sp³-hybridized carbons (Fsp3) is 0.484. The zero-order valence-corrected chi connectivity index (χ0v) is 22.5. The third-order valence-electron chi connectivity index (χ3n) is 4.47. The Hall–Kier alpha value is -2.48. The van der Waals surface area contributed by atoms with Crippen LogP contribution in [0.1, 0.15) is 79.1 Å². The summed E-state index contributed by atoms with van der Waals surface area (Å²) in [6.07, 6.45) is 8.90. The van der Waals surface area contributed by atoms with Crippen LogP contribution in [0.5, 0.6) is 0 Å². The molecule has 3 rings (SSSR count). The Morgan fingerprint density at radius 2 is 1.03 bits per heavy atom. The molecular weight excluding hydrogens is 400 g/mol. The molecule has 0 amide bonds. The van der Waals surface area contributed by atoms with Crippen LogP contribution < -0.4 is 0 Å². The van der Waals surface area contributed by atoms with E-state index in [9.17, 15) is 0 Å². The van der Waals surface area contributed by atoms with Crippen molar-refractivity contribution in [1.29, 1.82) is 0 Å². The molecule has 33 heavy (non-hydrogen) atoms. The number of aromatic nitrogens is 2. The maximum absolute atomic E-state index is 4.26. The van der Waals surface area contributed by atoms with E-state index in [1.807, 2.05) is 36.8 Å². The smallest absolute Gasteiger partial charge is 0.0408 e. The molecule has 0 aliphatic heterocycles. The van der Waals surface area contributed by atoms with Crippen LogP contribution in [0.3, 0.4) is 0 Å². The van der Waals surface area contributed by atoms with E-state index in [4.69, 9.17) is 0 Å². The molecule has 0 saturated heterocycles. The molecule has 0 spiro atoms. The van der Waals surface area contributed by atoms with Crippen molar-refractivity contribution in [3.05, 3.63) is 96.1 Å².